The normalized spacial score (nSPS) is 14.6. The van der Waals surface area contributed by atoms with Crippen LogP contribution >= 0.6 is 0 Å². The van der Waals surface area contributed by atoms with Crippen molar-refractivity contribution in [3.63, 3.8) is 0 Å². The van der Waals surface area contributed by atoms with Crippen molar-refractivity contribution in [1.29, 1.82) is 0 Å². The maximum atomic E-state index is 12.1. The lowest BCUT2D eigenvalue weighted by molar-refractivity contribution is -0.114. The molecule has 0 spiro atoms. The average molecular weight is 367 g/mol. The molecule has 1 saturated heterocycles. The van der Waals surface area contributed by atoms with Gasteiger partial charge < -0.3 is 15.0 Å². The minimum absolute atomic E-state index is 0.0690. The summed E-state index contributed by atoms with van der Waals surface area (Å²) in [6.07, 6.45) is 0. The van der Waals surface area contributed by atoms with Crippen LogP contribution in [0.25, 0.3) is 0 Å². The summed E-state index contributed by atoms with van der Waals surface area (Å²) in [5.74, 6) is 0.701. The van der Waals surface area contributed by atoms with Crippen molar-refractivity contribution >= 4 is 17.3 Å². The first-order chi connectivity index (χ1) is 13.1. The first-order valence-corrected chi connectivity index (χ1v) is 9.19. The van der Waals surface area contributed by atoms with Gasteiger partial charge in [-0.3, -0.25) is 14.5 Å². The Bertz CT molecular complexity index is 815. The number of hydrogen-bond acceptors (Lipinski definition) is 5. The molecule has 0 aromatic heterocycles. The lowest BCUT2D eigenvalue weighted by atomic mass is 10.2. The van der Waals surface area contributed by atoms with Crippen molar-refractivity contribution in [3.8, 4) is 5.75 Å². The summed E-state index contributed by atoms with van der Waals surface area (Å²) in [4.78, 5) is 27.6. The van der Waals surface area contributed by atoms with Gasteiger partial charge in [-0.1, -0.05) is 18.2 Å². The van der Waals surface area contributed by atoms with Gasteiger partial charge in [0.15, 0.2) is 0 Å². The molecule has 142 valence electrons. The number of carbonyl (C=O) groups is 1. The van der Waals surface area contributed by atoms with Crippen LogP contribution in [0.1, 0.15) is 6.92 Å². The van der Waals surface area contributed by atoms with Gasteiger partial charge in [0.25, 0.3) is 0 Å². The number of nitrogens with zero attached hydrogens (tertiary/aromatic N) is 2. The molecule has 1 heterocycles. The molecule has 27 heavy (non-hydrogen) atoms. The molecule has 0 radical (unpaired) electrons. The van der Waals surface area contributed by atoms with Crippen LogP contribution in [-0.4, -0.2) is 50.1 Å². The molecule has 0 atom stereocenters. The van der Waals surface area contributed by atoms with E-state index in [4.69, 9.17) is 4.74 Å². The lowest BCUT2D eigenvalue weighted by Crippen LogP contribution is -2.48. The molecule has 1 aliphatic rings. The molecule has 1 amide bonds. The van der Waals surface area contributed by atoms with Gasteiger partial charge in [-0.15, -0.1) is 0 Å². The highest BCUT2D eigenvalue weighted by Crippen LogP contribution is 2.16. The quantitative estimate of drug-likeness (QED) is 0.848. The second-order valence-electron chi connectivity index (χ2n) is 6.54. The van der Waals surface area contributed by atoms with Crippen molar-refractivity contribution in [2.75, 3.05) is 49.5 Å². The molecular weight excluding hydrogens is 342 g/mol. The number of amides is 1. The van der Waals surface area contributed by atoms with Gasteiger partial charge in [-0.2, -0.15) is 0 Å². The number of nitrogens with one attached hydrogen (secondary N) is 1. The van der Waals surface area contributed by atoms with Crippen molar-refractivity contribution in [1.82, 2.24) is 4.90 Å². The van der Waals surface area contributed by atoms with Crippen LogP contribution in [0.5, 0.6) is 5.75 Å². The topological polar surface area (TPSA) is 61.9 Å². The van der Waals surface area contributed by atoms with Gasteiger partial charge in [0.1, 0.15) is 12.4 Å². The Balaban J connectivity index is 1.43. The summed E-state index contributed by atoms with van der Waals surface area (Å²) in [7, 11) is 0. The lowest BCUT2D eigenvalue weighted by Gasteiger charge is -2.35. The summed E-state index contributed by atoms with van der Waals surface area (Å²) in [6, 6.07) is 16.4. The SMILES string of the molecule is CC(=O)Nc1ccc(OCCN2CCN(c3cccccc3=O)CC2)cc1. The number of ether oxygens (including phenoxy) is 1. The van der Waals surface area contributed by atoms with Crippen LogP contribution in [0.3, 0.4) is 0 Å². The monoisotopic (exact) mass is 367 g/mol. The first-order valence-electron chi connectivity index (χ1n) is 9.19. The van der Waals surface area contributed by atoms with Crippen molar-refractivity contribution in [2.24, 2.45) is 0 Å². The van der Waals surface area contributed by atoms with E-state index in [2.05, 4.69) is 15.1 Å². The molecule has 6 heteroatoms. The predicted molar refractivity (Wildman–Crippen MR) is 108 cm³/mol. The van der Waals surface area contributed by atoms with Crippen molar-refractivity contribution in [2.45, 2.75) is 6.92 Å². The standard InChI is InChI=1S/C21H25N3O3/c1-17(25)22-18-7-9-19(10-8-18)27-16-15-23-11-13-24(14-12-23)20-5-3-2-4-6-21(20)26/h2-10H,11-16H2,1H3,(H,22,25). The summed E-state index contributed by atoms with van der Waals surface area (Å²) >= 11 is 0. The van der Waals surface area contributed by atoms with E-state index in [-0.39, 0.29) is 11.3 Å². The van der Waals surface area contributed by atoms with Crippen LogP contribution in [0.15, 0.2) is 59.4 Å². The summed E-state index contributed by atoms with van der Waals surface area (Å²) in [5, 5.41) is 2.73. The molecule has 0 saturated carbocycles. The van der Waals surface area contributed by atoms with Crippen molar-refractivity contribution < 1.29 is 9.53 Å². The molecule has 1 aliphatic heterocycles. The molecule has 3 rings (SSSR count). The van der Waals surface area contributed by atoms with Gasteiger partial charge in [0, 0.05) is 45.3 Å². The number of piperazine rings is 1. The number of rotatable bonds is 6. The zero-order valence-corrected chi connectivity index (χ0v) is 15.6. The fraction of sp³-hybridized carbons (Fsp3) is 0.333. The van der Waals surface area contributed by atoms with E-state index in [1.165, 1.54) is 6.92 Å². The maximum absolute atomic E-state index is 12.1. The molecule has 1 N–H and O–H groups in total. The van der Waals surface area contributed by atoms with Crippen LogP contribution < -0.4 is 20.4 Å². The molecular formula is C21H25N3O3. The molecule has 0 bridgehead atoms. The minimum atomic E-state index is -0.0869. The molecule has 1 fully saturated rings. The van der Waals surface area contributed by atoms with E-state index in [1.807, 2.05) is 42.5 Å². The number of carbonyl (C=O) groups excluding carboxylic acids is 1. The highest BCUT2D eigenvalue weighted by atomic mass is 16.5. The van der Waals surface area contributed by atoms with E-state index in [0.717, 1.165) is 49.8 Å². The van der Waals surface area contributed by atoms with E-state index >= 15 is 0 Å². The summed E-state index contributed by atoms with van der Waals surface area (Å²) < 4.78 is 5.79. The van der Waals surface area contributed by atoms with E-state index in [9.17, 15) is 9.59 Å². The third-order valence-electron chi connectivity index (χ3n) is 4.54. The first kappa shape index (κ1) is 18.9. The summed E-state index contributed by atoms with van der Waals surface area (Å²) in [6.45, 7) is 6.42. The largest absolute Gasteiger partial charge is 0.492 e. The summed E-state index contributed by atoms with van der Waals surface area (Å²) in [5.41, 5.74) is 1.60. The predicted octanol–water partition coefficient (Wildman–Crippen LogP) is 2.21. The maximum Gasteiger partial charge on any atom is 0.221 e. The zero-order chi connectivity index (χ0) is 19.1. The fourth-order valence-corrected chi connectivity index (χ4v) is 3.13. The zero-order valence-electron chi connectivity index (χ0n) is 15.6. The molecule has 6 nitrogen and oxygen atoms in total. The Hall–Kier alpha value is -2.86. The number of benzene rings is 1. The Morgan fingerprint density at radius 3 is 2.41 bits per heavy atom. The van der Waals surface area contributed by atoms with Crippen LogP contribution in [0.2, 0.25) is 0 Å². The van der Waals surface area contributed by atoms with E-state index in [1.54, 1.807) is 12.1 Å². The number of anilines is 2. The van der Waals surface area contributed by atoms with E-state index in [0.29, 0.717) is 6.61 Å². The Labute approximate surface area is 159 Å². The van der Waals surface area contributed by atoms with Crippen LogP contribution in [0.4, 0.5) is 11.4 Å². The fourth-order valence-electron chi connectivity index (χ4n) is 3.13. The minimum Gasteiger partial charge on any atom is -0.492 e. The van der Waals surface area contributed by atoms with Gasteiger partial charge in [0.2, 0.25) is 11.3 Å². The number of hydrogen-bond donors (Lipinski definition) is 1. The van der Waals surface area contributed by atoms with E-state index < -0.39 is 0 Å². The highest BCUT2D eigenvalue weighted by molar-refractivity contribution is 5.88. The molecule has 0 aliphatic carbocycles. The highest BCUT2D eigenvalue weighted by Gasteiger charge is 2.18. The Morgan fingerprint density at radius 2 is 1.70 bits per heavy atom. The molecule has 2 aromatic carbocycles. The molecule has 0 unspecified atom stereocenters. The third-order valence-corrected chi connectivity index (χ3v) is 4.54. The van der Waals surface area contributed by atoms with Gasteiger partial charge in [-0.05, 0) is 36.4 Å². The van der Waals surface area contributed by atoms with Gasteiger partial charge >= 0.3 is 0 Å². The van der Waals surface area contributed by atoms with Crippen LogP contribution in [0, 0.1) is 0 Å². The van der Waals surface area contributed by atoms with Gasteiger partial charge in [-0.25, -0.2) is 0 Å². The Morgan fingerprint density at radius 1 is 1.00 bits per heavy atom. The second kappa shape index (κ2) is 9.19. The average Bonchev–Trinajstić information content (AvgIpc) is 2.88. The second-order valence-corrected chi connectivity index (χ2v) is 6.54. The van der Waals surface area contributed by atoms with Crippen molar-refractivity contribution in [3.05, 3.63) is 64.8 Å². The Kier molecular flexibility index (Phi) is 6.44. The smallest absolute Gasteiger partial charge is 0.221 e. The van der Waals surface area contributed by atoms with Gasteiger partial charge in [0.05, 0.1) is 5.69 Å². The molecule has 2 aromatic rings. The third kappa shape index (κ3) is 5.56. The van der Waals surface area contributed by atoms with Crippen LogP contribution in [-0.2, 0) is 4.79 Å².